The first-order valence-electron chi connectivity index (χ1n) is 10.7. The van der Waals surface area contributed by atoms with Crippen molar-refractivity contribution in [2.45, 2.75) is 51.9 Å². The molecule has 184 valence electrons. The fraction of sp³-hybridized carbons (Fsp3) is 0.800. The summed E-state index contributed by atoms with van der Waals surface area (Å²) in [5.41, 5.74) is 0. The van der Waals surface area contributed by atoms with Crippen LogP contribution in [0.4, 0.5) is 0 Å². The molecule has 0 amide bonds. The van der Waals surface area contributed by atoms with Crippen molar-refractivity contribution in [1.29, 1.82) is 0 Å². The summed E-state index contributed by atoms with van der Waals surface area (Å²) in [6.07, 6.45) is 0. The number of nitrogens with zero attached hydrogens (tertiary/aromatic N) is 4. The van der Waals surface area contributed by atoms with Crippen molar-refractivity contribution in [3.05, 3.63) is 0 Å². The van der Waals surface area contributed by atoms with Gasteiger partial charge >= 0.3 is 118 Å². The normalized spacial score (nSPS) is 20.1. The molecule has 1 aliphatic rings. The van der Waals surface area contributed by atoms with Crippen LogP contribution in [0.15, 0.2) is 0 Å². The second-order valence-electron chi connectivity index (χ2n) is 8.12. The first-order chi connectivity index (χ1) is 14.9. The van der Waals surface area contributed by atoms with Gasteiger partial charge in [-0.3, -0.25) is 19.6 Å². The Balaban J connectivity index is -0.00000128. The summed E-state index contributed by atoms with van der Waals surface area (Å²) in [5, 5.41) is 45.8. The molecule has 0 aromatic rings. The van der Waals surface area contributed by atoms with E-state index >= 15 is 0 Å². The zero-order valence-electron chi connectivity index (χ0n) is 23.0. The van der Waals surface area contributed by atoms with Gasteiger partial charge in [0.1, 0.15) is 0 Å². The maximum absolute atomic E-state index is 11.4. The second-order valence-corrected chi connectivity index (χ2v) is 8.12. The van der Waals surface area contributed by atoms with Crippen LogP contribution < -0.4 is 139 Å². The molecule has 1 saturated heterocycles. The summed E-state index contributed by atoms with van der Waals surface area (Å²) in [4.78, 5) is 52.1. The zero-order chi connectivity index (χ0) is 24.6. The number of carbonyl (C=O) groups excluding carboxylic acids is 4. The van der Waals surface area contributed by atoms with Gasteiger partial charge in [0, 0.05) is 76.5 Å². The molecule has 12 nitrogen and oxygen atoms in total. The largest absolute Gasteiger partial charge is 1.00 e. The maximum Gasteiger partial charge on any atom is 1.00 e. The SMILES string of the molecule is C[C@H](C(=O)[O-])N1CCN([C@H](C)C(=O)[O-])CCN([C@H](C)C(=O)[O-])CCN([C@H](C)C(=O)[O-])CC1.[Na+].[Na+].[Na+].[Na+]. The Kier molecular flexibility index (Phi) is 27.8. The van der Waals surface area contributed by atoms with E-state index in [0.717, 1.165) is 0 Å². The minimum absolute atomic E-state index is 0. The van der Waals surface area contributed by atoms with Gasteiger partial charge in [-0.25, -0.2) is 0 Å². The second kappa shape index (κ2) is 22.4. The van der Waals surface area contributed by atoms with Gasteiger partial charge in [-0.15, -0.1) is 0 Å². The number of carboxylic acid groups (broad SMARTS) is 4. The molecule has 0 aromatic carbocycles. The van der Waals surface area contributed by atoms with E-state index in [2.05, 4.69) is 0 Å². The van der Waals surface area contributed by atoms with Gasteiger partial charge in [-0.1, -0.05) is 0 Å². The summed E-state index contributed by atoms with van der Waals surface area (Å²) in [6, 6.07) is -3.92. The standard InChI is InChI=1S/C20H36N4O8.4Na/c1-13(17(25)26)21-5-7-22(14(2)18(27)28)9-11-24(16(4)20(31)32)12-10-23(8-6-21)15(3)19(29)30;;;;/h13-16H,5-12H2,1-4H3,(H,25,26)(H,27,28)(H,29,30)(H,31,32);;;;/q;4*+1/p-4/t13-,14-,15-,16-;;;;/m1..../s1. The predicted molar refractivity (Wildman–Crippen MR) is 104 cm³/mol. The molecule has 0 spiro atoms. The number of carboxylic acids is 4. The van der Waals surface area contributed by atoms with Crippen LogP contribution >= 0.6 is 0 Å². The molecule has 1 rings (SSSR count). The fourth-order valence-electron chi connectivity index (χ4n) is 3.62. The van der Waals surface area contributed by atoms with Crippen LogP contribution in [0.3, 0.4) is 0 Å². The Morgan fingerprint density at radius 2 is 0.528 bits per heavy atom. The van der Waals surface area contributed by atoms with Crippen LogP contribution in [-0.2, 0) is 19.2 Å². The van der Waals surface area contributed by atoms with E-state index in [4.69, 9.17) is 0 Å². The van der Waals surface area contributed by atoms with E-state index in [0.29, 0.717) is 0 Å². The van der Waals surface area contributed by atoms with Crippen LogP contribution in [-0.4, -0.2) is 120 Å². The van der Waals surface area contributed by atoms with Crippen LogP contribution in [0, 0.1) is 0 Å². The van der Waals surface area contributed by atoms with Gasteiger partial charge in [0.15, 0.2) is 0 Å². The van der Waals surface area contributed by atoms with Crippen molar-refractivity contribution in [2.24, 2.45) is 0 Å². The average molecular weight is 548 g/mol. The van der Waals surface area contributed by atoms with Gasteiger partial charge in [0.05, 0.1) is 23.9 Å². The molecule has 0 unspecified atom stereocenters. The van der Waals surface area contributed by atoms with Crippen LogP contribution in [0.1, 0.15) is 27.7 Å². The molecule has 0 N–H and O–H groups in total. The molecule has 0 saturated carbocycles. The van der Waals surface area contributed by atoms with Crippen LogP contribution in [0.5, 0.6) is 0 Å². The molecule has 36 heavy (non-hydrogen) atoms. The Bertz CT molecular complexity index is 566. The third-order valence-electron chi connectivity index (χ3n) is 6.25. The smallest absolute Gasteiger partial charge is 0.548 e. The van der Waals surface area contributed by atoms with E-state index in [1.54, 1.807) is 19.6 Å². The summed E-state index contributed by atoms with van der Waals surface area (Å²) in [5.74, 6) is -5.20. The van der Waals surface area contributed by atoms with Gasteiger partial charge in [-0.2, -0.15) is 0 Å². The topological polar surface area (TPSA) is 173 Å². The molecular weight excluding hydrogens is 516 g/mol. The molecule has 4 atom stereocenters. The molecular formula is C20H32N4Na4O8. The Hall–Kier alpha value is 1.72. The third-order valence-corrected chi connectivity index (χ3v) is 6.25. The van der Waals surface area contributed by atoms with E-state index in [1.165, 1.54) is 27.7 Å². The molecule has 1 fully saturated rings. The molecule has 0 aliphatic carbocycles. The summed E-state index contributed by atoms with van der Waals surface area (Å²) < 4.78 is 0. The summed E-state index contributed by atoms with van der Waals surface area (Å²) in [6.45, 7) is 7.21. The van der Waals surface area contributed by atoms with Crippen molar-refractivity contribution in [2.75, 3.05) is 52.4 Å². The fourth-order valence-corrected chi connectivity index (χ4v) is 3.62. The monoisotopic (exact) mass is 548 g/mol. The molecule has 0 radical (unpaired) electrons. The first kappa shape index (κ1) is 44.7. The van der Waals surface area contributed by atoms with Gasteiger partial charge in [0.25, 0.3) is 0 Å². The number of hydrogen-bond donors (Lipinski definition) is 0. The van der Waals surface area contributed by atoms with E-state index in [1.807, 2.05) is 0 Å². The molecule has 1 aliphatic heterocycles. The Morgan fingerprint density at radius 3 is 0.611 bits per heavy atom. The molecule has 1 heterocycles. The number of carbonyl (C=O) groups is 4. The zero-order valence-corrected chi connectivity index (χ0v) is 31.0. The third kappa shape index (κ3) is 14.9. The van der Waals surface area contributed by atoms with Crippen molar-refractivity contribution >= 4 is 23.9 Å². The average Bonchev–Trinajstić information content (AvgIpc) is 2.72. The van der Waals surface area contributed by atoms with Crippen molar-refractivity contribution < 1.29 is 158 Å². The number of aliphatic carboxylic acids is 4. The van der Waals surface area contributed by atoms with Gasteiger partial charge in [-0.05, 0) is 27.7 Å². The number of rotatable bonds is 8. The Labute approximate surface area is 301 Å². The van der Waals surface area contributed by atoms with Crippen molar-refractivity contribution in [3.8, 4) is 0 Å². The minimum Gasteiger partial charge on any atom is -0.548 e. The van der Waals surface area contributed by atoms with Gasteiger partial charge in [0.2, 0.25) is 0 Å². The van der Waals surface area contributed by atoms with Crippen LogP contribution in [0.2, 0.25) is 0 Å². The van der Waals surface area contributed by atoms with Crippen LogP contribution in [0.25, 0.3) is 0 Å². The number of hydrogen-bond acceptors (Lipinski definition) is 12. The quantitative estimate of drug-likeness (QED) is 0.263. The molecule has 16 heteroatoms. The van der Waals surface area contributed by atoms with Crippen molar-refractivity contribution in [3.63, 3.8) is 0 Å². The predicted octanol–water partition coefficient (Wildman–Crippen LogP) is -18.2. The Morgan fingerprint density at radius 1 is 0.417 bits per heavy atom. The van der Waals surface area contributed by atoms with Crippen molar-refractivity contribution in [1.82, 2.24) is 19.6 Å². The first-order valence-corrected chi connectivity index (χ1v) is 10.7. The van der Waals surface area contributed by atoms with E-state index in [9.17, 15) is 39.6 Å². The van der Waals surface area contributed by atoms with E-state index in [-0.39, 0.29) is 171 Å². The molecule has 0 bridgehead atoms. The summed E-state index contributed by atoms with van der Waals surface area (Å²) in [7, 11) is 0. The van der Waals surface area contributed by atoms with E-state index < -0.39 is 48.0 Å². The summed E-state index contributed by atoms with van der Waals surface area (Å²) >= 11 is 0. The van der Waals surface area contributed by atoms with Gasteiger partial charge < -0.3 is 39.6 Å². The maximum atomic E-state index is 11.4. The molecule has 0 aromatic heterocycles. The minimum atomic E-state index is -1.30.